The monoisotopic (exact) mass is 399 g/mol. The molecule has 0 atom stereocenters. The van der Waals surface area contributed by atoms with Gasteiger partial charge in [-0.1, -0.05) is 22.9 Å². The average molecular weight is 400 g/mol. The summed E-state index contributed by atoms with van der Waals surface area (Å²) in [5.74, 6) is 0.241. The second-order valence-corrected chi connectivity index (χ2v) is 6.39. The third kappa shape index (κ3) is 3.22. The highest BCUT2D eigenvalue weighted by molar-refractivity contribution is 6.31. The zero-order chi connectivity index (χ0) is 19.7. The normalized spacial score (nSPS) is 11.1. The summed E-state index contributed by atoms with van der Waals surface area (Å²) in [4.78, 5) is 17.1. The van der Waals surface area contributed by atoms with Crippen LogP contribution in [0.15, 0.2) is 53.6 Å². The Morgan fingerprint density at radius 2 is 1.96 bits per heavy atom. The minimum absolute atomic E-state index is 0.0524. The largest absolute Gasteiger partial charge is 0.494 e. The van der Waals surface area contributed by atoms with Gasteiger partial charge in [0.25, 0.3) is 5.56 Å². The third-order valence-corrected chi connectivity index (χ3v) is 4.57. The molecule has 2 aromatic heterocycles. The molecular weight excluding hydrogens is 385 g/mol. The van der Waals surface area contributed by atoms with Gasteiger partial charge < -0.3 is 4.74 Å². The van der Waals surface area contributed by atoms with Crippen molar-refractivity contribution >= 4 is 22.8 Å². The van der Waals surface area contributed by atoms with E-state index in [4.69, 9.17) is 16.3 Å². The summed E-state index contributed by atoms with van der Waals surface area (Å²) in [5, 5.41) is 8.24. The summed E-state index contributed by atoms with van der Waals surface area (Å²) in [6.07, 6.45) is 1.34. The number of benzene rings is 2. The minimum atomic E-state index is -0.488. The molecule has 142 valence electrons. The van der Waals surface area contributed by atoms with Crippen LogP contribution >= 0.6 is 11.6 Å². The lowest BCUT2D eigenvalue weighted by molar-refractivity contribution is 0.340. The zero-order valence-electron chi connectivity index (χ0n) is 14.8. The molecule has 0 radical (unpaired) electrons. The molecule has 0 amide bonds. The van der Waals surface area contributed by atoms with E-state index in [1.54, 1.807) is 30.3 Å². The van der Waals surface area contributed by atoms with Crippen LogP contribution in [0.2, 0.25) is 5.02 Å². The zero-order valence-corrected chi connectivity index (χ0v) is 15.6. The summed E-state index contributed by atoms with van der Waals surface area (Å²) in [6, 6.07) is 11.6. The summed E-state index contributed by atoms with van der Waals surface area (Å²) in [6.45, 7) is 2.42. The van der Waals surface area contributed by atoms with Crippen LogP contribution in [0.25, 0.3) is 16.9 Å². The molecule has 4 aromatic rings. The van der Waals surface area contributed by atoms with Gasteiger partial charge in [0, 0.05) is 10.6 Å². The molecule has 0 unspecified atom stereocenters. The lowest BCUT2D eigenvalue weighted by Crippen LogP contribution is -2.22. The molecule has 9 heteroatoms. The molecule has 0 aliphatic rings. The van der Waals surface area contributed by atoms with E-state index >= 15 is 0 Å². The summed E-state index contributed by atoms with van der Waals surface area (Å²) in [5.41, 5.74) is 0.870. The van der Waals surface area contributed by atoms with Crippen LogP contribution in [-0.2, 0) is 6.54 Å². The van der Waals surface area contributed by atoms with E-state index in [0.717, 1.165) is 5.75 Å². The van der Waals surface area contributed by atoms with E-state index in [2.05, 4.69) is 15.3 Å². The quantitative estimate of drug-likeness (QED) is 0.515. The first-order valence-electron chi connectivity index (χ1n) is 8.55. The molecular formula is C19H15ClFN5O2. The van der Waals surface area contributed by atoms with Gasteiger partial charge in [-0.05, 0) is 43.3 Å². The molecule has 0 fully saturated rings. The molecule has 4 rings (SSSR count). The van der Waals surface area contributed by atoms with Gasteiger partial charge in [0.1, 0.15) is 17.9 Å². The second kappa shape index (κ2) is 7.40. The van der Waals surface area contributed by atoms with Crippen molar-refractivity contribution < 1.29 is 9.13 Å². The van der Waals surface area contributed by atoms with Crippen LogP contribution < -0.4 is 10.3 Å². The molecule has 2 aromatic carbocycles. The van der Waals surface area contributed by atoms with Crippen LogP contribution in [0, 0.1) is 5.82 Å². The average Bonchev–Trinajstić information content (AvgIpc) is 3.12. The van der Waals surface area contributed by atoms with E-state index in [0.29, 0.717) is 17.9 Å². The highest BCUT2D eigenvalue weighted by atomic mass is 35.5. The standard InChI is InChI=1S/C19H15ClFN5O2/c1-2-28-13-8-6-12(7-9-13)26-18-17(23-24-26)19(27)25(11-22-18)10-14-15(20)4-3-5-16(14)21/h3-9,11H,2,10H2,1H3. The number of halogens is 2. The third-order valence-electron chi connectivity index (χ3n) is 4.21. The maximum absolute atomic E-state index is 14.0. The molecule has 0 aliphatic heterocycles. The summed E-state index contributed by atoms with van der Waals surface area (Å²) in [7, 11) is 0. The number of nitrogens with zero attached hydrogens (tertiary/aromatic N) is 5. The summed E-state index contributed by atoms with van der Waals surface area (Å²) >= 11 is 6.05. The Hall–Kier alpha value is -3.26. The number of hydrogen-bond donors (Lipinski definition) is 0. The number of ether oxygens (including phenoxy) is 1. The Kier molecular flexibility index (Phi) is 4.79. The first kappa shape index (κ1) is 18.1. The lowest BCUT2D eigenvalue weighted by Gasteiger charge is -2.08. The number of fused-ring (bicyclic) bond motifs is 1. The Labute approximate surface area is 164 Å². The topological polar surface area (TPSA) is 74.8 Å². The maximum Gasteiger partial charge on any atom is 0.283 e. The van der Waals surface area contributed by atoms with Crippen molar-refractivity contribution in [2.45, 2.75) is 13.5 Å². The van der Waals surface area contributed by atoms with Crippen molar-refractivity contribution in [3.63, 3.8) is 0 Å². The highest BCUT2D eigenvalue weighted by Gasteiger charge is 2.15. The molecule has 7 nitrogen and oxygen atoms in total. The van der Waals surface area contributed by atoms with Gasteiger partial charge in [-0.25, -0.2) is 9.37 Å². The number of rotatable bonds is 5. The van der Waals surface area contributed by atoms with Crippen LogP contribution in [0.4, 0.5) is 4.39 Å². The van der Waals surface area contributed by atoms with Crippen molar-refractivity contribution in [3.05, 3.63) is 75.5 Å². The molecule has 28 heavy (non-hydrogen) atoms. The Bertz CT molecular complexity index is 1180. The first-order chi connectivity index (χ1) is 13.6. The van der Waals surface area contributed by atoms with Gasteiger partial charge >= 0.3 is 0 Å². The number of aromatic nitrogens is 5. The van der Waals surface area contributed by atoms with E-state index in [1.165, 1.54) is 27.7 Å². The smallest absolute Gasteiger partial charge is 0.283 e. The van der Waals surface area contributed by atoms with Gasteiger partial charge in [-0.3, -0.25) is 9.36 Å². The van der Waals surface area contributed by atoms with Crippen molar-refractivity contribution in [2.75, 3.05) is 6.61 Å². The first-order valence-corrected chi connectivity index (χ1v) is 8.93. The minimum Gasteiger partial charge on any atom is -0.494 e. The van der Waals surface area contributed by atoms with Gasteiger partial charge in [-0.15, -0.1) is 5.10 Å². The SMILES string of the molecule is CCOc1ccc(-n2nnc3c(=O)n(Cc4c(F)cccc4Cl)cnc32)cc1. The maximum atomic E-state index is 14.0. The predicted octanol–water partition coefficient (Wildman–Crippen LogP) is 3.22. The van der Waals surface area contributed by atoms with Crippen LogP contribution in [0.5, 0.6) is 5.75 Å². The highest BCUT2D eigenvalue weighted by Crippen LogP contribution is 2.20. The van der Waals surface area contributed by atoms with Crippen molar-refractivity contribution in [3.8, 4) is 11.4 Å². The van der Waals surface area contributed by atoms with Crippen LogP contribution in [0.3, 0.4) is 0 Å². The lowest BCUT2D eigenvalue weighted by atomic mass is 10.2. The van der Waals surface area contributed by atoms with E-state index in [1.807, 2.05) is 6.92 Å². The molecule has 0 saturated heterocycles. The fourth-order valence-electron chi connectivity index (χ4n) is 2.83. The van der Waals surface area contributed by atoms with Gasteiger partial charge in [-0.2, -0.15) is 4.68 Å². The van der Waals surface area contributed by atoms with Gasteiger partial charge in [0.05, 0.1) is 18.8 Å². The van der Waals surface area contributed by atoms with E-state index in [9.17, 15) is 9.18 Å². The fourth-order valence-corrected chi connectivity index (χ4v) is 3.06. The van der Waals surface area contributed by atoms with Crippen LogP contribution in [-0.4, -0.2) is 31.2 Å². The van der Waals surface area contributed by atoms with E-state index < -0.39 is 11.4 Å². The fraction of sp³-hybridized carbons (Fsp3) is 0.158. The van der Waals surface area contributed by atoms with E-state index in [-0.39, 0.29) is 22.6 Å². The molecule has 0 spiro atoms. The van der Waals surface area contributed by atoms with Gasteiger partial charge in [0.2, 0.25) is 0 Å². The second-order valence-electron chi connectivity index (χ2n) is 5.98. The number of hydrogen-bond acceptors (Lipinski definition) is 5. The molecule has 0 N–H and O–H groups in total. The molecule has 0 bridgehead atoms. The van der Waals surface area contributed by atoms with Gasteiger partial charge in [0.15, 0.2) is 11.2 Å². The molecule has 0 aliphatic carbocycles. The van der Waals surface area contributed by atoms with Crippen LogP contribution in [0.1, 0.15) is 12.5 Å². The summed E-state index contributed by atoms with van der Waals surface area (Å²) < 4.78 is 22.2. The Morgan fingerprint density at radius 3 is 2.68 bits per heavy atom. The predicted molar refractivity (Wildman–Crippen MR) is 103 cm³/mol. The van der Waals surface area contributed by atoms with Crippen molar-refractivity contribution in [1.29, 1.82) is 0 Å². The molecule has 2 heterocycles. The molecule has 0 saturated carbocycles. The Morgan fingerprint density at radius 1 is 1.18 bits per heavy atom. The Balaban J connectivity index is 1.73. The van der Waals surface area contributed by atoms with Crippen molar-refractivity contribution in [1.82, 2.24) is 24.5 Å². The van der Waals surface area contributed by atoms with Crippen molar-refractivity contribution in [2.24, 2.45) is 0 Å².